The molecule has 5 rings (SSSR count). The van der Waals surface area contributed by atoms with Crippen LogP contribution in [0.1, 0.15) is 65.2 Å². The van der Waals surface area contributed by atoms with Crippen molar-refractivity contribution in [3.05, 3.63) is 94.6 Å². The zero-order valence-corrected chi connectivity index (χ0v) is 24.8. The Bertz CT molecular complexity index is 1580. The molecule has 3 aromatic rings. The summed E-state index contributed by atoms with van der Waals surface area (Å²) in [5, 5.41) is 14.9. The molecule has 1 aliphatic heterocycles. The van der Waals surface area contributed by atoms with E-state index in [1.54, 1.807) is 12.1 Å². The number of aliphatic hydroxyl groups is 1. The van der Waals surface area contributed by atoms with Crippen LogP contribution >= 0.6 is 0 Å². The van der Waals surface area contributed by atoms with Crippen molar-refractivity contribution in [1.29, 1.82) is 0 Å². The van der Waals surface area contributed by atoms with Crippen LogP contribution in [-0.2, 0) is 17.6 Å². The highest BCUT2D eigenvalue weighted by molar-refractivity contribution is 5.97. The minimum Gasteiger partial charge on any atom is -0.392 e. The van der Waals surface area contributed by atoms with Crippen LogP contribution in [0.25, 0.3) is 0 Å². The highest BCUT2D eigenvalue weighted by Gasteiger charge is 2.52. The number of carbonyl (C=O) groups is 2. The number of alkyl halides is 6. The maximum absolute atomic E-state index is 14.8. The molecule has 0 radical (unpaired) electrons. The lowest BCUT2D eigenvalue weighted by Crippen LogP contribution is -2.52. The Morgan fingerprint density at radius 1 is 0.872 bits per heavy atom. The number of halogens is 8. The molecule has 3 N–H and O–H groups in total. The van der Waals surface area contributed by atoms with Crippen molar-refractivity contribution in [1.82, 2.24) is 4.90 Å². The molecule has 1 saturated carbocycles. The number of anilines is 2. The molecule has 3 aromatic carbocycles. The van der Waals surface area contributed by atoms with Crippen molar-refractivity contribution < 1.29 is 49.8 Å². The lowest BCUT2D eigenvalue weighted by Gasteiger charge is -2.45. The average molecular weight is 670 g/mol. The number of piperidine rings is 1. The molecular weight excluding hydrogens is 638 g/mol. The van der Waals surface area contributed by atoms with Gasteiger partial charge in [0.15, 0.2) is 0 Å². The zero-order chi connectivity index (χ0) is 34.1. The molecular formula is C33H31F8N3O3. The summed E-state index contributed by atoms with van der Waals surface area (Å²) in [5.74, 6) is -9.22. The number of likely N-dealkylation sites (tertiary alicyclic amines) is 1. The Morgan fingerprint density at radius 2 is 1.49 bits per heavy atom. The molecule has 14 heteroatoms. The van der Waals surface area contributed by atoms with Crippen molar-refractivity contribution in [3.8, 4) is 0 Å². The van der Waals surface area contributed by atoms with E-state index in [0.29, 0.717) is 16.7 Å². The summed E-state index contributed by atoms with van der Waals surface area (Å²) in [6.07, 6.45) is -6.76. The van der Waals surface area contributed by atoms with Gasteiger partial charge in [-0.25, -0.2) is 8.78 Å². The number of carbonyl (C=O) groups excluding carboxylic acids is 2. The molecule has 2 amide bonds. The smallest absolute Gasteiger partial charge is 0.392 e. The largest absolute Gasteiger partial charge is 0.416 e. The molecule has 2 aliphatic rings. The fourth-order valence-corrected chi connectivity index (χ4v) is 6.41. The van der Waals surface area contributed by atoms with Gasteiger partial charge in [0.05, 0.1) is 30.0 Å². The minimum atomic E-state index is -4.95. The van der Waals surface area contributed by atoms with Crippen LogP contribution in [0.2, 0.25) is 0 Å². The van der Waals surface area contributed by atoms with E-state index in [2.05, 4.69) is 10.6 Å². The molecule has 3 atom stereocenters. The second-order valence-corrected chi connectivity index (χ2v) is 11.8. The van der Waals surface area contributed by atoms with Crippen LogP contribution in [0, 0.1) is 23.5 Å². The van der Waals surface area contributed by atoms with Gasteiger partial charge < -0.3 is 20.6 Å². The maximum atomic E-state index is 14.8. The van der Waals surface area contributed by atoms with Crippen LogP contribution in [0.4, 0.5) is 46.5 Å². The Balaban J connectivity index is 1.57. The van der Waals surface area contributed by atoms with E-state index in [9.17, 15) is 49.8 Å². The number of amides is 2. The maximum Gasteiger partial charge on any atom is 0.416 e. The Kier molecular flexibility index (Phi) is 9.81. The first kappa shape index (κ1) is 34.1. The van der Waals surface area contributed by atoms with Crippen molar-refractivity contribution in [2.24, 2.45) is 11.8 Å². The molecule has 252 valence electrons. The molecule has 1 saturated heterocycles. The molecule has 6 nitrogen and oxygen atoms in total. The summed E-state index contributed by atoms with van der Waals surface area (Å²) in [4.78, 5) is 28.1. The first-order valence-corrected chi connectivity index (χ1v) is 15.0. The van der Waals surface area contributed by atoms with E-state index in [0.717, 1.165) is 56.0 Å². The van der Waals surface area contributed by atoms with E-state index in [1.807, 2.05) is 0 Å². The van der Waals surface area contributed by atoms with Crippen LogP contribution in [-0.4, -0.2) is 40.6 Å². The minimum absolute atomic E-state index is 0.180. The van der Waals surface area contributed by atoms with E-state index < -0.39 is 95.6 Å². The van der Waals surface area contributed by atoms with Gasteiger partial charge in [0.2, 0.25) is 5.91 Å². The molecule has 1 unspecified atom stereocenters. The van der Waals surface area contributed by atoms with Crippen LogP contribution in [0.15, 0.2) is 60.7 Å². The van der Waals surface area contributed by atoms with Crippen molar-refractivity contribution >= 4 is 23.2 Å². The molecule has 1 heterocycles. The van der Waals surface area contributed by atoms with Gasteiger partial charge in [-0.1, -0.05) is 37.1 Å². The number of nitrogens with zero attached hydrogens (tertiary/aromatic N) is 1. The monoisotopic (exact) mass is 669 g/mol. The summed E-state index contributed by atoms with van der Waals surface area (Å²) >= 11 is 0. The number of benzene rings is 3. The fraction of sp³-hybridized carbons (Fsp3) is 0.394. The normalized spacial score (nSPS) is 20.7. The van der Waals surface area contributed by atoms with Gasteiger partial charge >= 0.3 is 12.4 Å². The van der Waals surface area contributed by atoms with Gasteiger partial charge in [-0.3, -0.25) is 9.59 Å². The number of nitrogens with one attached hydrogen (secondary N) is 2. The number of aliphatic hydroxyl groups excluding tert-OH is 1. The molecule has 2 fully saturated rings. The molecule has 1 aliphatic carbocycles. The summed E-state index contributed by atoms with van der Waals surface area (Å²) in [7, 11) is 0. The number of hydrogen-bond acceptors (Lipinski definition) is 4. The van der Waals surface area contributed by atoms with E-state index in [1.165, 1.54) is 12.1 Å². The Morgan fingerprint density at radius 3 is 2.06 bits per heavy atom. The summed E-state index contributed by atoms with van der Waals surface area (Å²) in [6.45, 7) is -1.99. The Labute approximate surface area is 264 Å². The SMILES string of the molecule is O=C(Nc1ccc(CO)c(C(F)(F)F)c1)[C@H]1C[C@@H](C(F)(F)F)CN(C(=O)c2c(F)cccc2F)C1c1ccc(NC2CCCC2)cc1. The summed E-state index contributed by atoms with van der Waals surface area (Å²) < 4.78 is 113. The van der Waals surface area contributed by atoms with Crippen LogP contribution in [0.3, 0.4) is 0 Å². The van der Waals surface area contributed by atoms with Gasteiger partial charge in [0.25, 0.3) is 5.91 Å². The zero-order valence-electron chi connectivity index (χ0n) is 24.8. The topological polar surface area (TPSA) is 81.7 Å². The molecule has 47 heavy (non-hydrogen) atoms. The van der Waals surface area contributed by atoms with Crippen molar-refractivity contribution in [2.75, 3.05) is 17.2 Å². The van der Waals surface area contributed by atoms with Gasteiger partial charge in [0, 0.05) is 24.0 Å². The van der Waals surface area contributed by atoms with E-state index in [4.69, 9.17) is 0 Å². The van der Waals surface area contributed by atoms with E-state index in [-0.39, 0.29) is 11.6 Å². The fourth-order valence-electron chi connectivity index (χ4n) is 6.41. The second kappa shape index (κ2) is 13.5. The standard InChI is InChI=1S/C33H31F8N3O3/c34-26-6-3-7-27(35)28(26)31(47)44-16-20(32(36,37)38)14-24(29(44)18-8-11-22(12-9-18)42-21-4-1-2-5-21)30(46)43-23-13-10-19(17-45)25(15-23)33(39,40)41/h3,6-13,15,20-21,24,29,42,45H,1-2,4-5,14,16-17H2,(H,43,46)/t20-,24+,29?/m1/s1. The molecule has 0 spiro atoms. The summed E-state index contributed by atoms with van der Waals surface area (Å²) in [6, 6.07) is 10.0. The van der Waals surface area contributed by atoms with Gasteiger partial charge in [-0.05, 0) is 66.8 Å². The lowest BCUT2D eigenvalue weighted by molar-refractivity contribution is -0.193. The molecule has 0 aromatic heterocycles. The van der Waals surface area contributed by atoms with E-state index >= 15 is 0 Å². The number of rotatable bonds is 7. The molecule has 0 bridgehead atoms. The second-order valence-electron chi connectivity index (χ2n) is 11.8. The first-order valence-electron chi connectivity index (χ1n) is 15.0. The van der Waals surface area contributed by atoms with Gasteiger partial charge in [-0.2, -0.15) is 26.3 Å². The quantitative estimate of drug-likeness (QED) is 0.224. The predicted molar refractivity (Wildman–Crippen MR) is 156 cm³/mol. The summed E-state index contributed by atoms with van der Waals surface area (Å²) in [5.41, 5.74) is -2.41. The van der Waals surface area contributed by atoms with Crippen LogP contribution < -0.4 is 10.6 Å². The van der Waals surface area contributed by atoms with Crippen molar-refractivity contribution in [3.63, 3.8) is 0 Å². The number of hydrogen-bond donors (Lipinski definition) is 3. The highest BCUT2D eigenvalue weighted by atomic mass is 19.4. The lowest BCUT2D eigenvalue weighted by atomic mass is 9.78. The Hall–Kier alpha value is -4.20. The van der Waals surface area contributed by atoms with Crippen molar-refractivity contribution in [2.45, 2.75) is 63.1 Å². The highest BCUT2D eigenvalue weighted by Crippen LogP contribution is 2.46. The first-order chi connectivity index (χ1) is 22.2. The third kappa shape index (κ3) is 7.53. The van der Waals surface area contributed by atoms with Gasteiger partial charge in [-0.15, -0.1) is 0 Å². The van der Waals surface area contributed by atoms with Gasteiger partial charge in [0.1, 0.15) is 17.2 Å². The predicted octanol–water partition coefficient (Wildman–Crippen LogP) is 7.85. The third-order valence-corrected chi connectivity index (χ3v) is 8.74. The van der Waals surface area contributed by atoms with Crippen LogP contribution in [0.5, 0.6) is 0 Å². The third-order valence-electron chi connectivity index (χ3n) is 8.74. The average Bonchev–Trinajstić information content (AvgIpc) is 3.53.